The van der Waals surface area contributed by atoms with Gasteiger partial charge in [0.25, 0.3) is 0 Å². The first-order chi connectivity index (χ1) is 9.07. The molecule has 0 radical (unpaired) electrons. The summed E-state index contributed by atoms with van der Waals surface area (Å²) in [5.74, 6) is 0.561. The molecule has 1 aliphatic rings. The number of hydrogen-bond donors (Lipinski definition) is 1. The molecule has 0 aliphatic carbocycles. The van der Waals surface area contributed by atoms with Gasteiger partial charge in [-0.25, -0.2) is 8.42 Å². The van der Waals surface area contributed by atoms with Crippen molar-refractivity contribution >= 4 is 10.0 Å². The Morgan fingerprint density at radius 2 is 2.00 bits per heavy atom. The Kier molecular flexibility index (Phi) is 4.44. The minimum atomic E-state index is -3.40. The normalized spacial score (nSPS) is 18.4. The molecule has 5 nitrogen and oxygen atoms in total. The van der Waals surface area contributed by atoms with Crippen molar-refractivity contribution in [2.24, 2.45) is 0 Å². The van der Waals surface area contributed by atoms with Crippen LogP contribution < -0.4 is 10.1 Å². The van der Waals surface area contributed by atoms with Gasteiger partial charge in [-0.2, -0.15) is 4.31 Å². The van der Waals surface area contributed by atoms with Crippen LogP contribution in [-0.2, 0) is 10.0 Å². The molecule has 1 N–H and O–H groups in total. The molecular weight excluding hydrogens is 264 g/mol. The molecule has 0 aromatic heterocycles. The van der Waals surface area contributed by atoms with E-state index in [2.05, 4.69) is 5.32 Å². The Bertz CT molecular complexity index is 522. The third-order valence-corrected chi connectivity index (χ3v) is 5.44. The number of rotatable bonds is 4. The van der Waals surface area contributed by atoms with Crippen LogP contribution >= 0.6 is 0 Å². The molecule has 0 spiro atoms. The van der Waals surface area contributed by atoms with Gasteiger partial charge in [0.1, 0.15) is 5.75 Å². The molecule has 1 saturated heterocycles. The highest BCUT2D eigenvalue weighted by Gasteiger charge is 2.28. The van der Waals surface area contributed by atoms with E-state index in [1.165, 1.54) is 7.11 Å². The first-order valence-corrected chi connectivity index (χ1v) is 7.83. The highest BCUT2D eigenvalue weighted by molar-refractivity contribution is 7.89. The van der Waals surface area contributed by atoms with Gasteiger partial charge in [-0.1, -0.05) is 6.07 Å². The van der Waals surface area contributed by atoms with Gasteiger partial charge in [0.05, 0.1) is 12.0 Å². The second-order valence-electron chi connectivity index (χ2n) is 4.65. The molecule has 0 amide bonds. The van der Waals surface area contributed by atoms with Gasteiger partial charge in [0.15, 0.2) is 0 Å². The number of benzene rings is 1. The second-order valence-corrected chi connectivity index (χ2v) is 6.58. The third kappa shape index (κ3) is 3.08. The Balaban J connectivity index is 2.18. The van der Waals surface area contributed by atoms with E-state index in [0.29, 0.717) is 29.8 Å². The second kappa shape index (κ2) is 5.90. The molecule has 0 atom stereocenters. The average molecular weight is 284 g/mol. The zero-order valence-electron chi connectivity index (χ0n) is 11.3. The summed E-state index contributed by atoms with van der Waals surface area (Å²) in [5.41, 5.74) is 0. The first-order valence-electron chi connectivity index (χ1n) is 6.39. The van der Waals surface area contributed by atoms with E-state index in [9.17, 15) is 8.42 Å². The van der Waals surface area contributed by atoms with Crippen LogP contribution in [0.3, 0.4) is 0 Å². The van der Waals surface area contributed by atoms with Crippen LogP contribution in [0.25, 0.3) is 0 Å². The van der Waals surface area contributed by atoms with Crippen LogP contribution in [0, 0.1) is 0 Å². The summed E-state index contributed by atoms with van der Waals surface area (Å²) in [4.78, 5) is 0.301. The van der Waals surface area contributed by atoms with E-state index >= 15 is 0 Å². The number of hydrogen-bond acceptors (Lipinski definition) is 4. The van der Waals surface area contributed by atoms with Crippen molar-refractivity contribution in [3.8, 4) is 5.75 Å². The number of methoxy groups -OCH3 is 1. The molecule has 0 saturated carbocycles. The first kappa shape index (κ1) is 14.3. The highest BCUT2D eigenvalue weighted by Crippen LogP contribution is 2.23. The van der Waals surface area contributed by atoms with E-state index < -0.39 is 10.0 Å². The Morgan fingerprint density at radius 3 is 2.58 bits per heavy atom. The summed E-state index contributed by atoms with van der Waals surface area (Å²) in [6.07, 6.45) is 1.69. The molecule has 2 rings (SSSR count). The lowest BCUT2D eigenvalue weighted by Gasteiger charge is -2.31. The predicted octanol–water partition coefficient (Wildman–Crippen LogP) is 1.07. The average Bonchev–Trinajstić information content (AvgIpc) is 2.47. The van der Waals surface area contributed by atoms with Crippen LogP contribution in [0.2, 0.25) is 0 Å². The molecule has 106 valence electrons. The summed E-state index contributed by atoms with van der Waals surface area (Å²) in [7, 11) is 0.0447. The number of ether oxygens (including phenoxy) is 1. The minimum absolute atomic E-state index is 0.301. The van der Waals surface area contributed by atoms with E-state index in [-0.39, 0.29) is 0 Å². The third-order valence-electron chi connectivity index (χ3n) is 3.54. The van der Waals surface area contributed by atoms with Crippen molar-refractivity contribution in [2.75, 3.05) is 27.2 Å². The topological polar surface area (TPSA) is 58.6 Å². The van der Waals surface area contributed by atoms with Gasteiger partial charge >= 0.3 is 0 Å². The maximum absolute atomic E-state index is 12.5. The van der Waals surface area contributed by atoms with Crippen LogP contribution in [0.4, 0.5) is 0 Å². The molecule has 0 bridgehead atoms. The number of sulfonamides is 1. The molecule has 1 aromatic carbocycles. The standard InChI is InChI=1S/C13H20N2O3S/c1-14-11-6-8-15(9-7-11)19(16,17)13-5-3-4-12(10-13)18-2/h3-5,10-11,14H,6-9H2,1-2H3. The van der Waals surface area contributed by atoms with E-state index in [0.717, 1.165) is 12.8 Å². The van der Waals surface area contributed by atoms with Crippen LogP contribution in [0.1, 0.15) is 12.8 Å². The molecular formula is C13H20N2O3S. The van der Waals surface area contributed by atoms with Gasteiger partial charge in [0, 0.05) is 25.2 Å². The quantitative estimate of drug-likeness (QED) is 0.898. The van der Waals surface area contributed by atoms with Crippen LogP contribution in [0.5, 0.6) is 5.75 Å². The smallest absolute Gasteiger partial charge is 0.243 e. The molecule has 1 heterocycles. The molecule has 0 unspecified atom stereocenters. The van der Waals surface area contributed by atoms with E-state index in [1.54, 1.807) is 28.6 Å². The fourth-order valence-corrected chi connectivity index (χ4v) is 3.80. The van der Waals surface area contributed by atoms with Crippen molar-refractivity contribution in [2.45, 2.75) is 23.8 Å². The maximum atomic E-state index is 12.5. The van der Waals surface area contributed by atoms with Crippen molar-refractivity contribution in [3.63, 3.8) is 0 Å². The van der Waals surface area contributed by atoms with Gasteiger partial charge in [-0.3, -0.25) is 0 Å². The maximum Gasteiger partial charge on any atom is 0.243 e. The highest BCUT2D eigenvalue weighted by atomic mass is 32.2. The van der Waals surface area contributed by atoms with Gasteiger partial charge < -0.3 is 10.1 Å². The van der Waals surface area contributed by atoms with Crippen molar-refractivity contribution < 1.29 is 13.2 Å². The van der Waals surface area contributed by atoms with Crippen LogP contribution in [-0.4, -0.2) is 46.0 Å². The van der Waals surface area contributed by atoms with Crippen molar-refractivity contribution in [1.82, 2.24) is 9.62 Å². The lowest BCUT2D eigenvalue weighted by molar-refractivity contribution is 0.298. The lowest BCUT2D eigenvalue weighted by atomic mass is 10.1. The zero-order valence-corrected chi connectivity index (χ0v) is 12.1. The summed E-state index contributed by atoms with van der Waals surface area (Å²) in [6, 6.07) is 7.04. The van der Waals surface area contributed by atoms with Gasteiger partial charge in [0.2, 0.25) is 10.0 Å². The lowest BCUT2D eigenvalue weighted by Crippen LogP contribution is -2.43. The Morgan fingerprint density at radius 1 is 1.32 bits per heavy atom. The number of piperidine rings is 1. The van der Waals surface area contributed by atoms with Crippen molar-refractivity contribution in [1.29, 1.82) is 0 Å². The number of nitrogens with one attached hydrogen (secondary N) is 1. The van der Waals surface area contributed by atoms with E-state index in [1.807, 2.05) is 7.05 Å². The Hall–Kier alpha value is -1.11. The fourth-order valence-electron chi connectivity index (χ4n) is 2.30. The Labute approximate surface area is 114 Å². The fraction of sp³-hybridized carbons (Fsp3) is 0.538. The van der Waals surface area contributed by atoms with Crippen LogP contribution in [0.15, 0.2) is 29.2 Å². The molecule has 1 fully saturated rings. The minimum Gasteiger partial charge on any atom is -0.497 e. The summed E-state index contributed by atoms with van der Waals surface area (Å²) in [5, 5.41) is 3.19. The molecule has 19 heavy (non-hydrogen) atoms. The number of nitrogens with zero attached hydrogens (tertiary/aromatic N) is 1. The van der Waals surface area contributed by atoms with Gasteiger partial charge in [-0.05, 0) is 32.0 Å². The molecule has 6 heteroatoms. The van der Waals surface area contributed by atoms with Crippen molar-refractivity contribution in [3.05, 3.63) is 24.3 Å². The molecule has 1 aromatic rings. The predicted molar refractivity (Wildman–Crippen MR) is 73.8 cm³/mol. The molecule has 1 aliphatic heterocycles. The largest absolute Gasteiger partial charge is 0.497 e. The zero-order chi connectivity index (χ0) is 13.9. The summed E-state index contributed by atoms with van der Waals surface area (Å²) >= 11 is 0. The summed E-state index contributed by atoms with van der Waals surface area (Å²) < 4.78 is 31.6. The van der Waals surface area contributed by atoms with Gasteiger partial charge in [-0.15, -0.1) is 0 Å². The summed E-state index contributed by atoms with van der Waals surface area (Å²) in [6.45, 7) is 1.12. The van der Waals surface area contributed by atoms with E-state index in [4.69, 9.17) is 4.74 Å². The SMILES string of the molecule is CNC1CCN(S(=O)(=O)c2cccc(OC)c2)CC1. The monoisotopic (exact) mass is 284 g/mol.